The van der Waals surface area contributed by atoms with E-state index in [0.717, 1.165) is 43.5 Å². The van der Waals surface area contributed by atoms with Gasteiger partial charge in [-0.25, -0.2) is 0 Å². The minimum absolute atomic E-state index is 0.0384. The Kier molecular flexibility index (Phi) is 12.0. The second kappa shape index (κ2) is 16.1. The maximum Gasteiger partial charge on any atom is 0.306 e. The van der Waals surface area contributed by atoms with Crippen LogP contribution in [0, 0.1) is 0 Å². The molecule has 2 aliphatic rings. The van der Waals surface area contributed by atoms with Crippen molar-refractivity contribution in [2.24, 2.45) is 0 Å². The fraction of sp³-hybridized carbons (Fsp3) is 0.600. The van der Waals surface area contributed by atoms with Crippen molar-refractivity contribution in [2.45, 2.75) is 70.5 Å². The Morgan fingerprint density at radius 1 is 0.951 bits per heavy atom. The number of piperazine rings is 1. The number of nitrogens with zero attached hydrogens (tertiary/aromatic N) is 4. The van der Waals surface area contributed by atoms with Gasteiger partial charge < -0.3 is 36.2 Å². The molecule has 1 amide bonds. The fourth-order valence-corrected chi connectivity index (χ4v) is 5.36. The lowest BCUT2D eigenvalue weighted by Crippen LogP contribution is -2.49. The predicted molar refractivity (Wildman–Crippen MR) is 161 cm³/mol. The lowest BCUT2D eigenvalue weighted by atomic mass is 9.95. The Morgan fingerprint density at radius 3 is 2.37 bits per heavy atom. The van der Waals surface area contributed by atoms with E-state index in [1.54, 1.807) is 11.0 Å². The average Bonchev–Trinajstić information content (AvgIpc) is 3.01. The van der Waals surface area contributed by atoms with Crippen molar-refractivity contribution >= 4 is 29.5 Å². The van der Waals surface area contributed by atoms with E-state index in [-0.39, 0.29) is 24.7 Å². The number of ether oxygens (including phenoxy) is 1. The predicted octanol–water partition coefficient (Wildman–Crippen LogP) is 2.67. The number of anilines is 3. The molecule has 224 valence electrons. The SMILES string of the molecule is COC(=O)CCC(=O)N1CCN(c2cc(N)nc(NCc3ccc(CNCCCNC4CCCCC4)cc3)n2)CC1. The van der Waals surface area contributed by atoms with Gasteiger partial charge in [0.15, 0.2) is 0 Å². The fourth-order valence-electron chi connectivity index (χ4n) is 5.36. The summed E-state index contributed by atoms with van der Waals surface area (Å²) in [5.41, 5.74) is 8.49. The highest BCUT2D eigenvalue weighted by molar-refractivity contribution is 5.81. The monoisotopic (exact) mass is 566 g/mol. The zero-order chi connectivity index (χ0) is 28.9. The molecule has 1 aromatic carbocycles. The molecule has 1 aliphatic heterocycles. The van der Waals surface area contributed by atoms with Crippen LogP contribution in [0.5, 0.6) is 0 Å². The molecule has 5 N–H and O–H groups in total. The molecule has 1 aromatic heterocycles. The standard InChI is InChI=1S/C30H46N8O3/c1-41-29(40)13-12-28(39)38-18-16-37(17-19-38)27-20-26(31)35-30(36-27)34-22-24-10-8-23(9-11-24)21-32-14-5-15-33-25-6-3-2-4-7-25/h8-11,20,25,32-33H,2-7,12-19,21-22H2,1H3,(H3,31,34,35,36). The molecule has 4 rings (SSSR count). The Bertz CT molecular complexity index is 1100. The molecule has 0 spiro atoms. The number of carbonyl (C=O) groups is 2. The van der Waals surface area contributed by atoms with E-state index in [4.69, 9.17) is 5.73 Å². The topological polar surface area (TPSA) is 138 Å². The van der Waals surface area contributed by atoms with Crippen molar-refractivity contribution in [1.82, 2.24) is 25.5 Å². The molecule has 0 unspecified atom stereocenters. The summed E-state index contributed by atoms with van der Waals surface area (Å²) < 4.78 is 4.62. The van der Waals surface area contributed by atoms with E-state index in [0.29, 0.717) is 44.5 Å². The molecule has 1 aliphatic carbocycles. The number of rotatable bonds is 14. The second-order valence-electron chi connectivity index (χ2n) is 10.9. The Balaban J connectivity index is 1.16. The number of methoxy groups -OCH3 is 1. The first-order chi connectivity index (χ1) is 20.0. The quantitative estimate of drug-likeness (QED) is 0.199. The van der Waals surface area contributed by atoms with E-state index in [9.17, 15) is 9.59 Å². The van der Waals surface area contributed by atoms with Crippen molar-refractivity contribution in [3.8, 4) is 0 Å². The largest absolute Gasteiger partial charge is 0.469 e. The molecule has 2 aromatic rings. The number of hydrogen-bond acceptors (Lipinski definition) is 10. The number of aromatic nitrogens is 2. The van der Waals surface area contributed by atoms with Crippen molar-refractivity contribution in [3.05, 3.63) is 41.5 Å². The molecule has 2 fully saturated rings. The molecule has 1 saturated carbocycles. The highest BCUT2D eigenvalue weighted by atomic mass is 16.5. The van der Waals surface area contributed by atoms with Crippen LogP contribution in [0.3, 0.4) is 0 Å². The van der Waals surface area contributed by atoms with Gasteiger partial charge in [-0.15, -0.1) is 0 Å². The van der Waals surface area contributed by atoms with E-state index in [1.807, 2.05) is 0 Å². The van der Waals surface area contributed by atoms with Crippen LogP contribution in [0.2, 0.25) is 0 Å². The van der Waals surface area contributed by atoms with Gasteiger partial charge in [-0.2, -0.15) is 9.97 Å². The van der Waals surface area contributed by atoms with Gasteiger partial charge in [0, 0.05) is 57.8 Å². The number of nitrogen functional groups attached to an aromatic ring is 1. The first-order valence-electron chi connectivity index (χ1n) is 15.0. The zero-order valence-corrected chi connectivity index (χ0v) is 24.4. The Morgan fingerprint density at radius 2 is 1.66 bits per heavy atom. The smallest absolute Gasteiger partial charge is 0.306 e. The molecule has 0 atom stereocenters. The summed E-state index contributed by atoms with van der Waals surface area (Å²) in [6, 6.07) is 11.0. The van der Waals surface area contributed by atoms with E-state index < -0.39 is 0 Å². The number of benzene rings is 1. The summed E-state index contributed by atoms with van der Waals surface area (Å²) in [6.45, 7) is 5.94. The van der Waals surface area contributed by atoms with E-state index >= 15 is 0 Å². The minimum Gasteiger partial charge on any atom is -0.469 e. The van der Waals surface area contributed by atoms with E-state index in [2.05, 4.69) is 59.8 Å². The molecule has 0 radical (unpaired) electrons. The highest BCUT2D eigenvalue weighted by Crippen LogP contribution is 2.20. The molecule has 41 heavy (non-hydrogen) atoms. The van der Waals surface area contributed by atoms with Crippen molar-refractivity contribution < 1.29 is 14.3 Å². The van der Waals surface area contributed by atoms with Crippen LogP contribution in [0.1, 0.15) is 62.5 Å². The van der Waals surface area contributed by atoms with Crippen LogP contribution in [-0.2, 0) is 27.4 Å². The average molecular weight is 567 g/mol. The summed E-state index contributed by atoms with van der Waals surface area (Å²) in [5, 5.41) is 10.5. The molecule has 0 bridgehead atoms. The number of esters is 1. The first kappa shape index (κ1) is 30.5. The lowest BCUT2D eigenvalue weighted by molar-refractivity contribution is -0.143. The van der Waals surface area contributed by atoms with Gasteiger partial charge in [0.2, 0.25) is 11.9 Å². The number of nitrogens with one attached hydrogen (secondary N) is 3. The van der Waals surface area contributed by atoms with Crippen LogP contribution in [0.4, 0.5) is 17.6 Å². The third-order valence-corrected chi connectivity index (χ3v) is 7.83. The molecule has 11 nitrogen and oxygen atoms in total. The zero-order valence-electron chi connectivity index (χ0n) is 24.4. The van der Waals surface area contributed by atoms with Gasteiger partial charge in [0.1, 0.15) is 11.6 Å². The number of hydrogen-bond donors (Lipinski definition) is 4. The van der Waals surface area contributed by atoms with Crippen LogP contribution in [0.15, 0.2) is 30.3 Å². The third kappa shape index (κ3) is 10.2. The first-order valence-corrected chi connectivity index (χ1v) is 15.0. The molecule has 2 heterocycles. The maximum absolute atomic E-state index is 12.4. The van der Waals surface area contributed by atoms with Crippen LogP contribution in [-0.4, -0.2) is 79.2 Å². The minimum atomic E-state index is -0.371. The molecular formula is C30H46N8O3. The Labute approximate surface area is 243 Å². The van der Waals surface area contributed by atoms with Crippen LogP contribution in [0.25, 0.3) is 0 Å². The lowest BCUT2D eigenvalue weighted by Gasteiger charge is -2.35. The second-order valence-corrected chi connectivity index (χ2v) is 10.9. The Hall–Kier alpha value is -3.44. The van der Waals surface area contributed by atoms with Gasteiger partial charge in [-0.1, -0.05) is 43.5 Å². The number of nitrogens with two attached hydrogens (primary N) is 1. The molecule has 1 saturated heterocycles. The highest BCUT2D eigenvalue weighted by Gasteiger charge is 2.23. The number of carbonyl (C=O) groups excluding carboxylic acids is 2. The summed E-state index contributed by atoms with van der Waals surface area (Å²) in [7, 11) is 1.33. The van der Waals surface area contributed by atoms with Gasteiger partial charge in [0.05, 0.1) is 13.5 Å². The van der Waals surface area contributed by atoms with Gasteiger partial charge in [-0.05, 0) is 43.5 Å². The van der Waals surface area contributed by atoms with Gasteiger partial charge in [0.25, 0.3) is 0 Å². The molecular weight excluding hydrogens is 520 g/mol. The van der Waals surface area contributed by atoms with Crippen LogP contribution >= 0.6 is 0 Å². The van der Waals surface area contributed by atoms with Crippen LogP contribution < -0.4 is 26.6 Å². The normalized spacial score (nSPS) is 16.0. The van der Waals surface area contributed by atoms with Crippen molar-refractivity contribution in [3.63, 3.8) is 0 Å². The summed E-state index contributed by atoms with van der Waals surface area (Å²) in [5.74, 6) is 1.19. The third-order valence-electron chi connectivity index (χ3n) is 7.83. The van der Waals surface area contributed by atoms with Crippen molar-refractivity contribution in [2.75, 3.05) is 62.3 Å². The summed E-state index contributed by atoms with van der Waals surface area (Å²) in [4.78, 5) is 36.6. The van der Waals surface area contributed by atoms with E-state index in [1.165, 1.54) is 44.8 Å². The molecule has 11 heteroatoms. The number of amides is 1. The van der Waals surface area contributed by atoms with Gasteiger partial charge in [-0.3, -0.25) is 9.59 Å². The maximum atomic E-state index is 12.4. The summed E-state index contributed by atoms with van der Waals surface area (Å²) in [6.07, 6.45) is 8.23. The summed E-state index contributed by atoms with van der Waals surface area (Å²) >= 11 is 0. The van der Waals surface area contributed by atoms with Crippen molar-refractivity contribution in [1.29, 1.82) is 0 Å². The van der Waals surface area contributed by atoms with Gasteiger partial charge >= 0.3 is 5.97 Å².